The maximum Gasteiger partial charge on any atom is 0.341 e. The lowest BCUT2D eigenvalue weighted by molar-refractivity contribution is -0.120. The van der Waals surface area contributed by atoms with Crippen molar-refractivity contribution in [2.75, 3.05) is 68.7 Å². The Hall–Kier alpha value is -4.47. The van der Waals surface area contributed by atoms with E-state index in [9.17, 15) is 19.5 Å². The second-order valence-electron chi connectivity index (χ2n) is 9.55. The highest BCUT2D eigenvalue weighted by atomic mass is 32.1. The van der Waals surface area contributed by atoms with Crippen molar-refractivity contribution in [1.29, 1.82) is 0 Å². The van der Waals surface area contributed by atoms with Crippen molar-refractivity contribution in [2.24, 2.45) is 5.92 Å². The van der Waals surface area contributed by atoms with Crippen LogP contribution in [0.3, 0.4) is 0 Å². The molecule has 4 aromatic rings. The van der Waals surface area contributed by atoms with Crippen molar-refractivity contribution in [3.63, 3.8) is 0 Å². The van der Waals surface area contributed by atoms with Crippen LogP contribution in [0.4, 0.5) is 21.7 Å². The van der Waals surface area contributed by atoms with Crippen LogP contribution in [0.5, 0.6) is 0 Å². The Morgan fingerprint density at radius 1 is 1.24 bits per heavy atom. The van der Waals surface area contributed by atoms with Gasteiger partial charge in [0.2, 0.25) is 11.3 Å². The van der Waals surface area contributed by atoms with Gasteiger partial charge < -0.3 is 29.7 Å². The number of thiazole rings is 1. The second-order valence-corrected chi connectivity index (χ2v) is 10.4. The lowest BCUT2D eigenvalue weighted by Crippen LogP contribution is -2.52. The number of likely N-dealkylation sites (N-methyl/N-ethyl adjacent to an activating group) is 1. The molecule has 5 heterocycles. The molecular formula is C27H28FN7O6S. The highest BCUT2D eigenvalue weighted by molar-refractivity contribution is 7.12. The van der Waals surface area contributed by atoms with Crippen LogP contribution < -0.4 is 20.5 Å². The molecule has 5 rings (SSSR count). The molecule has 1 aliphatic heterocycles. The molecule has 1 fully saturated rings. The number of aromatic nitrogens is 4. The Labute approximate surface area is 243 Å². The maximum absolute atomic E-state index is 15.1. The summed E-state index contributed by atoms with van der Waals surface area (Å²) in [5, 5.41) is 14.1. The van der Waals surface area contributed by atoms with Crippen molar-refractivity contribution in [3.8, 4) is 5.13 Å². The fraction of sp³-hybridized carbons (Fsp3) is 0.333. The van der Waals surface area contributed by atoms with Gasteiger partial charge in [0.05, 0.1) is 43.0 Å². The number of nitrogens with zero attached hydrogens (tertiary/aromatic N) is 6. The van der Waals surface area contributed by atoms with E-state index in [4.69, 9.17) is 9.47 Å². The summed E-state index contributed by atoms with van der Waals surface area (Å²) < 4.78 is 26.9. The summed E-state index contributed by atoms with van der Waals surface area (Å²) in [5.74, 6) is -2.59. The summed E-state index contributed by atoms with van der Waals surface area (Å²) >= 11 is 1.21. The molecule has 0 saturated carbocycles. The maximum atomic E-state index is 15.1. The normalized spacial score (nSPS) is 13.3. The Kier molecular flexibility index (Phi) is 8.70. The number of hydrogen-bond acceptors (Lipinski definition) is 11. The molecule has 0 spiro atoms. The molecule has 0 aromatic carbocycles. The highest BCUT2D eigenvalue weighted by Crippen LogP contribution is 2.29. The highest BCUT2D eigenvalue weighted by Gasteiger charge is 2.35. The molecule has 0 atom stereocenters. The molecule has 4 aromatic heterocycles. The number of carbonyl (C=O) groups excluding carboxylic acids is 1. The molecule has 0 unspecified atom stereocenters. The van der Waals surface area contributed by atoms with Gasteiger partial charge in [-0.3, -0.25) is 14.2 Å². The minimum atomic E-state index is -1.44. The third-order valence-electron chi connectivity index (χ3n) is 6.76. The average molecular weight is 598 g/mol. The van der Waals surface area contributed by atoms with E-state index in [0.29, 0.717) is 37.3 Å². The number of carboxylic acid groups (broad SMARTS) is 1. The van der Waals surface area contributed by atoms with Gasteiger partial charge in [-0.05, 0) is 18.2 Å². The van der Waals surface area contributed by atoms with Crippen LogP contribution in [0, 0.1) is 11.7 Å². The molecule has 1 amide bonds. The Morgan fingerprint density at radius 2 is 2.05 bits per heavy atom. The number of carboxylic acids is 1. The van der Waals surface area contributed by atoms with Gasteiger partial charge in [-0.15, -0.1) is 11.3 Å². The minimum Gasteiger partial charge on any atom is -0.477 e. The monoisotopic (exact) mass is 597 g/mol. The van der Waals surface area contributed by atoms with Gasteiger partial charge in [0.1, 0.15) is 11.4 Å². The predicted octanol–water partition coefficient (Wildman–Crippen LogP) is 2.25. The molecule has 0 bridgehead atoms. The zero-order valence-corrected chi connectivity index (χ0v) is 23.6. The fourth-order valence-corrected chi connectivity index (χ4v) is 4.99. The number of amides is 1. The summed E-state index contributed by atoms with van der Waals surface area (Å²) in [6.45, 7) is 2.65. The summed E-state index contributed by atoms with van der Waals surface area (Å²) in [6, 6.07) is 4.54. The van der Waals surface area contributed by atoms with Gasteiger partial charge in [-0.25, -0.2) is 24.1 Å². The molecule has 1 aliphatic rings. The topological polar surface area (TPSA) is 152 Å². The smallest absolute Gasteiger partial charge is 0.341 e. The molecular weight excluding hydrogens is 569 g/mol. The van der Waals surface area contributed by atoms with Gasteiger partial charge in [0, 0.05) is 51.6 Å². The standard InChI is InChI=1S/C27H28FN7O6S/c1-33(6-7-41-9-8-40-2)17-3-4-21(30-12-17)31-25(37)16-13-34(14-16)24-20(28)11-18-22(36)19(26(38)39)15-35(23(18)32-24)27-29-5-10-42-27/h3-5,10-12,15-16H,6-9,13-14H2,1-2H3,(H,38,39)(H,30,31,37). The number of aromatic carboxylic acids is 1. The first-order valence-electron chi connectivity index (χ1n) is 13.0. The summed E-state index contributed by atoms with van der Waals surface area (Å²) in [6.07, 6.45) is 4.32. The van der Waals surface area contributed by atoms with Crippen molar-refractivity contribution in [3.05, 3.63) is 63.8 Å². The lowest BCUT2D eigenvalue weighted by Gasteiger charge is -2.39. The van der Waals surface area contributed by atoms with Gasteiger partial charge in [-0.1, -0.05) is 0 Å². The van der Waals surface area contributed by atoms with Gasteiger partial charge in [0.15, 0.2) is 22.4 Å². The number of pyridine rings is 3. The SMILES string of the molecule is COCCOCCN(C)c1ccc(NC(=O)C2CN(c3nc4c(cc3F)c(=O)c(C(=O)O)cn4-c3nccs3)C2)nc1. The Bertz CT molecular complexity index is 1640. The predicted molar refractivity (Wildman–Crippen MR) is 154 cm³/mol. The van der Waals surface area contributed by atoms with Crippen LogP contribution in [0.25, 0.3) is 16.2 Å². The van der Waals surface area contributed by atoms with Crippen molar-refractivity contribution in [1.82, 2.24) is 19.5 Å². The molecule has 2 N–H and O–H groups in total. The van der Waals surface area contributed by atoms with E-state index in [1.807, 2.05) is 18.0 Å². The van der Waals surface area contributed by atoms with E-state index in [1.54, 1.807) is 29.7 Å². The summed E-state index contributed by atoms with van der Waals surface area (Å²) in [7, 11) is 3.54. The minimum absolute atomic E-state index is 0.0453. The molecule has 1 saturated heterocycles. The number of fused-ring (bicyclic) bond motifs is 1. The molecule has 220 valence electrons. The number of hydrogen-bond donors (Lipinski definition) is 2. The first kappa shape index (κ1) is 29.0. The van der Waals surface area contributed by atoms with Gasteiger partial charge in [-0.2, -0.15) is 0 Å². The fourth-order valence-electron chi connectivity index (χ4n) is 4.38. The third kappa shape index (κ3) is 6.07. The molecule has 0 radical (unpaired) electrons. The van der Waals surface area contributed by atoms with E-state index in [1.165, 1.54) is 22.1 Å². The number of halogens is 1. The van der Waals surface area contributed by atoms with Crippen LogP contribution >= 0.6 is 11.3 Å². The van der Waals surface area contributed by atoms with Gasteiger partial charge in [0.25, 0.3) is 0 Å². The summed E-state index contributed by atoms with van der Waals surface area (Å²) in [4.78, 5) is 53.7. The first-order valence-corrected chi connectivity index (χ1v) is 13.8. The second kappa shape index (κ2) is 12.6. The summed E-state index contributed by atoms with van der Waals surface area (Å²) in [5.41, 5.74) is -0.431. The van der Waals surface area contributed by atoms with Crippen LogP contribution in [0.2, 0.25) is 0 Å². The zero-order valence-electron chi connectivity index (χ0n) is 22.8. The quantitative estimate of drug-likeness (QED) is 0.231. The Morgan fingerprint density at radius 3 is 2.71 bits per heavy atom. The van der Waals surface area contributed by atoms with Crippen LogP contribution in [-0.4, -0.2) is 90.1 Å². The van der Waals surface area contributed by atoms with Crippen LogP contribution in [-0.2, 0) is 14.3 Å². The molecule has 0 aliphatic carbocycles. The number of nitrogens with one attached hydrogen (secondary N) is 1. The van der Waals surface area contributed by atoms with E-state index in [2.05, 4.69) is 20.3 Å². The number of rotatable bonds is 12. The largest absolute Gasteiger partial charge is 0.477 e. The molecule has 13 nitrogen and oxygen atoms in total. The third-order valence-corrected chi connectivity index (χ3v) is 7.53. The van der Waals surface area contributed by atoms with E-state index < -0.39 is 28.7 Å². The van der Waals surface area contributed by atoms with Crippen molar-refractivity contribution >= 4 is 51.6 Å². The van der Waals surface area contributed by atoms with Crippen LogP contribution in [0.1, 0.15) is 10.4 Å². The number of methoxy groups -OCH3 is 1. The molecule has 15 heteroatoms. The van der Waals surface area contributed by atoms with E-state index in [0.717, 1.165) is 18.0 Å². The zero-order chi connectivity index (χ0) is 29.8. The lowest BCUT2D eigenvalue weighted by atomic mass is 9.99. The van der Waals surface area contributed by atoms with E-state index in [-0.39, 0.29) is 35.8 Å². The van der Waals surface area contributed by atoms with Gasteiger partial charge >= 0.3 is 5.97 Å². The average Bonchev–Trinajstić information content (AvgIpc) is 3.48. The number of carbonyl (C=O) groups is 2. The first-order chi connectivity index (χ1) is 20.3. The number of ether oxygens (including phenoxy) is 2. The van der Waals surface area contributed by atoms with Crippen molar-refractivity contribution < 1.29 is 28.6 Å². The molecule has 42 heavy (non-hydrogen) atoms. The number of anilines is 3. The van der Waals surface area contributed by atoms with Crippen LogP contribution in [0.15, 0.2) is 47.0 Å². The Balaban J connectivity index is 1.25. The van der Waals surface area contributed by atoms with E-state index >= 15 is 4.39 Å². The van der Waals surface area contributed by atoms with Crippen molar-refractivity contribution in [2.45, 2.75) is 0 Å².